The van der Waals surface area contributed by atoms with Gasteiger partial charge in [-0.25, -0.2) is 8.42 Å². The summed E-state index contributed by atoms with van der Waals surface area (Å²) in [5.74, 6) is -0.382. The highest BCUT2D eigenvalue weighted by atomic mass is 32.2. The van der Waals surface area contributed by atoms with Crippen molar-refractivity contribution in [2.24, 2.45) is 7.05 Å². The number of aromatic nitrogens is 1. The van der Waals surface area contributed by atoms with E-state index in [9.17, 15) is 22.8 Å². The number of hydrogen-bond acceptors (Lipinski definition) is 5. The van der Waals surface area contributed by atoms with E-state index in [1.807, 2.05) is 0 Å². The zero-order valence-electron chi connectivity index (χ0n) is 18.8. The maximum absolute atomic E-state index is 13.1. The van der Waals surface area contributed by atoms with Crippen LogP contribution in [-0.4, -0.2) is 66.7 Å². The first kappa shape index (κ1) is 23.9. The number of likely N-dealkylation sites (tertiary alicyclic amines) is 1. The quantitative estimate of drug-likeness (QED) is 0.565. The lowest BCUT2D eigenvalue weighted by atomic mass is 10.1. The van der Waals surface area contributed by atoms with Crippen molar-refractivity contribution in [3.8, 4) is 0 Å². The second kappa shape index (κ2) is 9.83. The van der Waals surface area contributed by atoms with E-state index in [1.165, 1.54) is 22.6 Å². The van der Waals surface area contributed by atoms with Gasteiger partial charge in [-0.2, -0.15) is 4.31 Å². The van der Waals surface area contributed by atoms with Gasteiger partial charge in [0.25, 0.3) is 5.91 Å². The van der Waals surface area contributed by atoms with E-state index in [0.717, 1.165) is 13.0 Å². The smallest absolute Gasteiger partial charge is 0.256 e. The number of carbonyl (C=O) groups excluding carboxylic acids is 2. The average Bonchev–Trinajstić information content (AvgIpc) is 3.18. The molecule has 32 heavy (non-hydrogen) atoms. The molecule has 0 spiro atoms. The van der Waals surface area contributed by atoms with Gasteiger partial charge in [0, 0.05) is 57.8 Å². The van der Waals surface area contributed by atoms with E-state index in [-0.39, 0.29) is 21.8 Å². The van der Waals surface area contributed by atoms with Crippen LogP contribution in [0.25, 0.3) is 10.9 Å². The van der Waals surface area contributed by atoms with Crippen molar-refractivity contribution < 1.29 is 18.0 Å². The predicted molar refractivity (Wildman–Crippen MR) is 122 cm³/mol. The minimum absolute atomic E-state index is 0.0265. The Bertz CT molecular complexity index is 1180. The molecule has 0 radical (unpaired) electrons. The third-order valence-corrected chi connectivity index (χ3v) is 7.86. The number of nitrogens with zero attached hydrogens (tertiary/aromatic N) is 3. The maximum atomic E-state index is 13.1. The fourth-order valence-corrected chi connectivity index (χ4v) is 5.50. The number of sulfonamides is 1. The lowest BCUT2D eigenvalue weighted by Gasteiger charge is -2.19. The Morgan fingerprint density at radius 1 is 1.19 bits per heavy atom. The van der Waals surface area contributed by atoms with Crippen LogP contribution >= 0.6 is 0 Å². The average molecular weight is 463 g/mol. The number of benzene rings is 1. The van der Waals surface area contributed by atoms with E-state index < -0.39 is 21.4 Å². The number of nitrogens with one attached hydrogen (secondary N) is 1. The van der Waals surface area contributed by atoms with Crippen LogP contribution in [-0.2, 0) is 21.9 Å². The van der Waals surface area contributed by atoms with Gasteiger partial charge in [-0.1, -0.05) is 13.8 Å². The molecule has 1 fully saturated rings. The van der Waals surface area contributed by atoms with Crippen LogP contribution in [0.15, 0.2) is 34.1 Å². The van der Waals surface area contributed by atoms with Gasteiger partial charge >= 0.3 is 0 Å². The van der Waals surface area contributed by atoms with Crippen molar-refractivity contribution in [1.82, 2.24) is 19.1 Å². The minimum atomic E-state index is -3.73. The normalized spacial score (nSPS) is 14.5. The molecule has 0 atom stereocenters. The molecule has 1 N–H and O–H groups in total. The molecule has 2 amide bonds. The first-order valence-corrected chi connectivity index (χ1v) is 12.3. The molecule has 3 rings (SSSR count). The van der Waals surface area contributed by atoms with Gasteiger partial charge in [-0.3, -0.25) is 14.4 Å². The van der Waals surface area contributed by atoms with Crippen molar-refractivity contribution >= 4 is 32.7 Å². The predicted octanol–water partition coefficient (Wildman–Crippen LogP) is 1.31. The molecule has 1 aromatic carbocycles. The summed E-state index contributed by atoms with van der Waals surface area (Å²) in [5, 5.41) is 2.91. The summed E-state index contributed by atoms with van der Waals surface area (Å²) in [5.41, 5.74) is -0.0193. The minimum Gasteiger partial charge on any atom is -0.352 e. The number of amides is 2. The summed E-state index contributed by atoms with van der Waals surface area (Å²) in [6.07, 6.45) is 3.50. The molecule has 0 bridgehead atoms. The summed E-state index contributed by atoms with van der Waals surface area (Å²) < 4.78 is 28.7. The Hall–Kier alpha value is -2.72. The third kappa shape index (κ3) is 4.71. The molecule has 10 heteroatoms. The Balaban J connectivity index is 1.83. The van der Waals surface area contributed by atoms with Gasteiger partial charge in [0.2, 0.25) is 21.4 Å². The van der Waals surface area contributed by atoms with E-state index in [1.54, 1.807) is 36.4 Å². The second-order valence-corrected chi connectivity index (χ2v) is 9.78. The molecule has 0 unspecified atom stereocenters. The maximum Gasteiger partial charge on any atom is 0.256 e. The van der Waals surface area contributed by atoms with Crippen LogP contribution in [0.4, 0.5) is 0 Å². The zero-order chi connectivity index (χ0) is 23.5. The molecule has 9 nitrogen and oxygen atoms in total. The van der Waals surface area contributed by atoms with Gasteiger partial charge < -0.3 is 14.8 Å². The lowest BCUT2D eigenvalue weighted by molar-refractivity contribution is -0.127. The van der Waals surface area contributed by atoms with Crippen molar-refractivity contribution in [3.63, 3.8) is 0 Å². The van der Waals surface area contributed by atoms with Crippen LogP contribution in [0, 0.1) is 0 Å². The molecule has 1 aromatic heterocycles. The third-order valence-electron chi connectivity index (χ3n) is 5.81. The molecule has 0 aliphatic carbocycles. The second-order valence-electron chi connectivity index (χ2n) is 7.84. The molecular weight excluding hydrogens is 432 g/mol. The largest absolute Gasteiger partial charge is 0.352 e. The number of fused-ring (bicyclic) bond motifs is 1. The fourth-order valence-electron chi connectivity index (χ4n) is 4.01. The van der Waals surface area contributed by atoms with Crippen molar-refractivity contribution in [2.45, 2.75) is 38.0 Å². The number of hydrogen-bond donors (Lipinski definition) is 1. The number of carbonyl (C=O) groups is 2. The van der Waals surface area contributed by atoms with Crippen molar-refractivity contribution in [1.29, 1.82) is 0 Å². The molecule has 2 aromatic rings. The van der Waals surface area contributed by atoms with Gasteiger partial charge in [0.05, 0.1) is 10.4 Å². The van der Waals surface area contributed by atoms with Gasteiger partial charge in [0.15, 0.2) is 0 Å². The van der Waals surface area contributed by atoms with Crippen LogP contribution in [0.2, 0.25) is 0 Å². The summed E-state index contributed by atoms with van der Waals surface area (Å²) in [7, 11) is -2.03. The van der Waals surface area contributed by atoms with E-state index in [2.05, 4.69) is 5.32 Å². The fraction of sp³-hybridized carbons (Fsp3) is 0.500. The monoisotopic (exact) mass is 462 g/mol. The first-order chi connectivity index (χ1) is 15.2. The zero-order valence-corrected chi connectivity index (χ0v) is 19.6. The first-order valence-electron chi connectivity index (χ1n) is 10.9. The Labute approximate surface area is 188 Å². The molecule has 0 saturated carbocycles. The van der Waals surface area contributed by atoms with Crippen molar-refractivity contribution in [3.05, 3.63) is 40.2 Å². The Morgan fingerprint density at radius 2 is 1.91 bits per heavy atom. The van der Waals surface area contributed by atoms with E-state index in [4.69, 9.17) is 0 Å². The van der Waals surface area contributed by atoms with Crippen molar-refractivity contribution in [2.75, 3.05) is 32.7 Å². The van der Waals surface area contributed by atoms with Crippen LogP contribution in [0.3, 0.4) is 0 Å². The molecule has 174 valence electrons. The molecule has 1 aliphatic rings. The van der Waals surface area contributed by atoms with E-state index in [0.29, 0.717) is 44.5 Å². The molecular formula is C22H30N4O5S. The summed E-state index contributed by atoms with van der Waals surface area (Å²) >= 11 is 0. The standard InChI is InChI=1S/C22H30N4O5S/c1-4-26(5-2)32(30,31)16-9-10-19-17(14-16)21(28)18(15-24(19)3)22(29)23-11-7-13-25-12-6-8-20(25)27/h9-10,14-15H,4-8,11-13H2,1-3H3,(H,23,29). The van der Waals surface area contributed by atoms with Crippen LogP contribution in [0.5, 0.6) is 0 Å². The highest BCUT2D eigenvalue weighted by molar-refractivity contribution is 7.89. The van der Waals surface area contributed by atoms with Gasteiger partial charge in [-0.15, -0.1) is 0 Å². The molecule has 1 aliphatic heterocycles. The lowest BCUT2D eigenvalue weighted by Crippen LogP contribution is -2.33. The van der Waals surface area contributed by atoms with Crippen LogP contribution in [0.1, 0.15) is 43.5 Å². The highest BCUT2D eigenvalue weighted by Crippen LogP contribution is 2.20. The Morgan fingerprint density at radius 3 is 2.53 bits per heavy atom. The number of pyridine rings is 1. The summed E-state index contributed by atoms with van der Waals surface area (Å²) in [4.78, 5) is 39.2. The summed E-state index contributed by atoms with van der Waals surface area (Å²) in [6, 6.07) is 4.41. The summed E-state index contributed by atoms with van der Waals surface area (Å²) in [6.45, 7) is 5.80. The Kier molecular flexibility index (Phi) is 7.35. The topological polar surface area (TPSA) is 109 Å². The highest BCUT2D eigenvalue weighted by Gasteiger charge is 2.23. The number of rotatable bonds is 9. The molecule has 1 saturated heterocycles. The SMILES string of the molecule is CCN(CC)S(=O)(=O)c1ccc2c(c1)c(=O)c(C(=O)NCCCN1CCCC1=O)cn2C. The van der Waals surface area contributed by atoms with Gasteiger partial charge in [0.1, 0.15) is 5.56 Å². The number of aryl methyl sites for hydroxylation is 1. The van der Waals surface area contributed by atoms with Crippen LogP contribution < -0.4 is 10.7 Å². The van der Waals surface area contributed by atoms with Gasteiger partial charge in [-0.05, 0) is 31.0 Å². The molecule has 2 heterocycles. The van der Waals surface area contributed by atoms with E-state index >= 15 is 0 Å².